The highest BCUT2D eigenvalue weighted by Gasteiger charge is 2.31. The van der Waals surface area contributed by atoms with Crippen molar-refractivity contribution in [1.29, 1.82) is 0 Å². The highest BCUT2D eigenvalue weighted by atomic mass is 19.4. The van der Waals surface area contributed by atoms with Gasteiger partial charge in [-0.3, -0.25) is 14.4 Å². The van der Waals surface area contributed by atoms with E-state index >= 15 is 0 Å². The van der Waals surface area contributed by atoms with E-state index < -0.39 is 36.3 Å². The van der Waals surface area contributed by atoms with E-state index in [-0.39, 0.29) is 29.1 Å². The number of halogens is 4. The molecular formula is C20H17F4N3O3. The maximum atomic E-state index is 14.3. The van der Waals surface area contributed by atoms with Crippen molar-refractivity contribution in [3.05, 3.63) is 58.9 Å². The molecule has 10 heteroatoms. The number of carbonyl (C=O) groups is 3. The third kappa shape index (κ3) is 4.76. The molecule has 1 heterocycles. The summed E-state index contributed by atoms with van der Waals surface area (Å²) in [6.45, 7) is -0.221. The van der Waals surface area contributed by atoms with Crippen LogP contribution in [0.15, 0.2) is 36.4 Å². The first-order valence-electron chi connectivity index (χ1n) is 8.90. The summed E-state index contributed by atoms with van der Waals surface area (Å²) in [6, 6.07) is 8.60. The van der Waals surface area contributed by atoms with E-state index in [1.54, 1.807) is 29.6 Å². The number of benzene rings is 2. The molecule has 3 rings (SSSR count). The lowest BCUT2D eigenvalue weighted by Gasteiger charge is -2.25. The Balaban J connectivity index is 1.84. The number of nitrogens with one attached hydrogen (secondary N) is 3. The predicted octanol–water partition coefficient (Wildman–Crippen LogP) is 3.49. The summed E-state index contributed by atoms with van der Waals surface area (Å²) in [5.41, 5.74) is 0.619. The largest absolute Gasteiger partial charge is 0.405 e. The van der Waals surface area contributed by atoms with Crippen LogP contribution < -0.4 is 16.0 Å². The van der Waals surface area contributed by atoms with Crippen molar-refractivity contribution in [2.24, 2.45) is 0 Å². The second kappa shape index (κ2) is 8.13. The van der Waals surface area contributed by atoms with Crippen LogP contribution in [0.2, 0.25) is 0 Å². The fourth-order valence-corrected chi connectivity index (χ4v) is 3.09. The Labute approximate surface area is 168 Å². The van der Waals surface area contributed by atoms with Gasteiger partial charge in [-0.25, -0.2) is 4.39 Å². The molecule has 0 aromatic heterocycles. The Morgan fingerprint density at radius 1 is 1.20 bits per heavy atom. The van der Waals surface area contributed by atoms with E-state index in [1.165, 1.54) is 6.92 Å². The molecule has 6 nitrogen and oxygen atoms in total. The molecule has 1 aliphatic heterocycles. The van der Waals surface area contributed by atoms with Crippen molar-refractivity contribution in [2.45, 2.75) is 25.4 Å². The summed E-state index contributed by atoms with van der Waals surface area (Å²) < 4.78 is 51.2. The SMILES string of the molecule is Cc1c(F)cc(C(=O)NCC(F)(F)F)cc1NC(=O)C1CC(=O)Nc2ccccc21. The monoisotopic (exact) mass is 423 g/mol. The number of hydrogen-bond donors (Lipinski definition) is 3. The highest BCUT2D eigenvalue weighted by molar-refractivity contribution is 6.06. The quantitative estimate of drug-likeness (QED) is 0.658. The maximum absolute atomic E-state index is 14.3. The topological polar surface area (TPSA) is 87.3 Å². The van der Waals surface area contributed by atoms with Gasteiger partial charge in [0.2, 0.25) is 11.8 Å². The van der Waals surface area contributed by atoms with E-state index in [4.69, 9.17) is 0 Å². The lowest BCUT2D eigenvalue weighted by atomic mass is 9.89. The first kappa shape index (κ1) is 21.3. The van der Waals surface area contributed by atoms with Crippen molar-refractivity contribution in [2.75, 3.05) is 17.2 Å². The molecule has 2 aromatic rings. The molecule has 3 amide bonds. The van der Waals surface area contributed by atoms with E-state index in [2.05, 4.69) is 10.6 Å². The van der Waals surface area contributed by atoms with Crippen molar-refractivity contribution in [3.63, 3.8) is 0 Å². The summed E-state index contributed by atoms with van der Waals surface area (Å²) in [7, 11) is 0. The standard InChI is InChI=1S/C20H17F4N3O3/c1-10-14(21)6-11(18(29)25-9-20(22,23)24)7-16(10)27-19(30)13-8-17(28)26-15-5-3-2-4-12(13)15/h2-7,13H,8-9H2,1H3,(H,25,29)(H,26,28)(H,27,30). The van der Waals surface area contributed by atoms with Gasteiger partial charge in [0, 0.05) is 28.9 Å². The van der Waals surface area contributed by atoms with Gasteiger partial charge in [0.1, 0.15) is 12.4 Å². The van der Waals surface area contributed by atoms with Gasteiger partial charge in [-0.05, 0) is 30.7 Å². The zero-order chi connectivity index (χ0) is 22.1. The number of alkyl halides is 3. The third-order valence-corrected chi connectivity index (χ3v) is 4.63. The van der Waals surface area contributed by atoms with Crippen LogP contribution in [0.25, 0.3) is 0 Å². The summed E-state index contributed by atoms with van der Waals surface area (Å²) in [5, 5.41) is 6.80. The zero-order valence-electron chi connectivity index (χ0n) is 15.7. The molecule has 0 saturated heterocycles. The van der Waals surface area contributed by atoms with Gasteiger partial charge in [-0.15, -0.1) is 0 Å². The summed E-state index contributed by atoms with van der Waals surface area (Å²) in [5.74, 6) is -3.82. The number of rotatable bonds is 4. The Morgan fingerprint density at radius 2 is 1.90 bits per heavy atom. The average molecular weight is 423 g/mol. The number of carbonyl (C=O) groups excluding carboxylic acids is 3. The van der Waals surface area contributed by atoms with Crippen molar-refractivity contribution in [1.82, 2.24) is 5.32 Å². The molecule has 0 bridgehead atoms. The Kier molecular flexibility index (Phi) is 5.77. The normalized spacial score (nSPS) is 15.8. The molecule has 1 atom stereocenters. The van der Waals surface area contributed by atoms with Crippen LogP contribution in [0.5, 0.6) is 0 Å². The fraction of sp³-hybridized carbons (Fsp3) is 0.250. The summed E-state index contributed by atoms with van der Waals surface area (Å²) >= 11 is 0. The summed E-state index contributed by atoms with van der Waals surface area (Å²) in [6.07, 6.45) is -4.75. The highest BCUT2D eigenvalue weighted by Crippen LogP contribution is 2.33. The molecule has 3 N–H and O–H groups in total. The van der Waals surface area contributed by atoms with Gasteiger partial charge in [-0.1, -0.05) is 18.2 Å². The lowest BCUT2D eigenvalue weighted by Crippen LogP contribution is -2.34. The molecule has 0 aliphatic carbocycles. The minimum absolute atomic E-state index is 0.00395. The average Bonchev–Trinajstić information content (AvgIpc) is 2.68. The van der Waals surface area contributed by atoms with Gasteiger partial charge in [0.25, 0.3) is 5.91 Å². The molecule has 0 radical (unpaired) electrons. The zero-order valence-corrected chi connectivity index (χ0v) is 15.7. The van der Waals surface area contributed by atoms with E-state index in [1.807, 2.05) is 0 Å². The van der Waals surface area contributed by atoms with Gasteiger partial charge in [0.05, 0.1) is 5.92 Å². The van der Waals surface area contributed by atoms with E-state index in [0.717, 1.165) is 12.1 Å². The number of amides is 3. The molecule has 158 valence electrons. The lowest BCUT2D eigenvalue weighted by molar-refractivity contribution is -0.123. The second-order valence-corrected chi connectivity index (χ2v) is 6.81. The second-order valence-electron chi connectivity index (χ2n) is 6.81. The number of fused-ring (bicyclic) bond motifs is 1. The Morgan fingerprint density at radius 3 is 2.60 bits per heavy atom. The van der Waals surface area contributed by atoms with Gasteiger partial charge >= 0.3 is 6.18 Å². The number of hydrogen-bond acceptors (Lipinski definition) is 3. The first-order chi connectivity index (χ1) is 14.0. The fourth-order valence-electron chi connectivity index (χ4n) is 3.09. The molecular weight excluding hydrogens is 406 g/mol. The van der Waals surface area contributed by atoms with Crippen molar-refractivity contribution in [3.8, 4) is 0 Å². The predicted molar refractivity (Wildman–Crippen MR) is 101 cm³/mol. The Hall–Kier alpha value is -3.43. The number of para-hydroxylation sites is 1. The molecule has 0 spiro atoms. The smallest absolute Gasteiger partial charge is 0.343 e. The van der Waals surface area contributed by atoms with Crippen LogP contribution >= 0.6 is 0 Å². The van der Waals surface area contributed by atoms with E-state index in [9.17, 15) is 31.9 Å². The minimum Gasteiger partial charge on any atom is -0.343 e. The molecule has 0 saturated carbocycles. The molecule has 1 unspecified atom stereocenters. The van der Waals surface area contributed by atoms with Crippen LogP contribution in [-0.4, -0.2) is 30.4 Å². The maximum Gasteiger partial charge on any atom is 0.405 e. The molecule has 2 aromatic carbocycles. The van der Waals surface area contributed by atoms with Gasteiger partial charge in [-0.2, -0.15) is 13.2 Å². The van der Waals surface area contributed by atoms with Crippen LogP contribution in [0.3, 0.4) is 0 Å². The minimum atomic E-state index is -4.62. The van der Waals surface area contributed by atoms with Gasteiger partial charge < -0.3 is 16.0 Å². The van der Waals surface area contributed by atoms with E-state index in [0.29, 0.717) is 11.3 Å². The van der Waals surface area contributed by atoms with Crippen LogP contribution in [-0.2, 0) is 9.59 Å². The first-order valence-corrected chi connectivity index (χ1v) is 8.90. The molecule has 30 heavy (non-hydrogen) atoms. The Bertz CT molecular complexity index is 1020. The van der Waals surface area contributed by atoms with Crippen LogP contribution in [0, 0.1) is 12.7 Å². The number of anilines is 2. The molecule has 0 fully saturated rings. The summed E-state index contributed by atoms with van der Waals surface area (Å²) in [4.78, 5) is 36.7. The molecule has 1 aliphatic rings. The van der Waals surface area contributed by atoms with Crippen LogP contribution in [0.1, 0.15) is 33.8 Å². The van der Waals surface area contributed by atoms with Gasteiger partial charge in [0.15, 0.2) is 0 Å². The van der Waals surface area contributed by atoms with Crippen molar-refractivity contribution >= 4 is 29.1 Å². The van der Waals surface area contributed by atoms with Crippen LogP contribution in [0.4, 0.5) is 28.9 Å². The van der Waals surface area contributed by atoms with Crippen molar-refractivity contribution < 1.29 is 31.9 Å². The third-order valence-electron chi connectivity index (χ3n) is 4.63.